The van der Waals surface area contributed by atoms with Crippen LogP contribution in [0, 0.1) is 0 Å². The van der Waals surface area contributed by atoms with Gasteiger partial charge in [-0.1, -0.05) is 0 Å². The number of hydrogen-bond donors (Lipinski definition) is 3. The zero-order valence-corrected chi connectivity index (χ0v) is 4.44. The first kappa shape index (κ1) is 7.66. The molecule has 0 fully saturated rings. The zero-order chi connectivity index (χ0) is 7.28. The molecule has 0 atom stereocenters. The lowest BCUT2D eigenvalue weighted by molar-refractivity contribution is -0.670. The third-order valence-electron chi connectivity index (χ3n) is 0.423. The number of aromatic nitrogens is 2. The summed E-state index contributed by atoms with van der Waals surface area (Å²) in [6.45, 7) is 0. The molecule has 1 aromatic heterocycles. The van der Waals surface area contributed by atoms with Gasteiger partial charge in [-0.15, -0.1) is 0 Å². The largest absolute Gasteiger partial charge is 0.528 e. The molecule has 0 saturated carbocycles. The molecule has 7 heteroatoms. The van der Waals surface area contributed by atoms with Gasteiger partial charge in [-0.3, -0.25) is 0 Å². The number of nitrogens with two attached hydrogens (primary N) is 1. The van der Waals surface area contributed by atoms with E-state index >= 15 is 0 Å². The lowest BCUT2D eigenvalue weighted by atomic mass is 11.1. The molecule has 1 rings (SSSR count). The van der Waals surface area contributed by atoms with Crippen LogP contribution >= 0.6 is 0 Å². The van der Waals surface area contributed by atoms with Crippen molar-refractivity contribution in [2.45, 2.75) is 0 Å². The topological polar surface area (TPSA) is 136 Å². The van der Waals surface area contributed by atoms with E-state index in [2.05, 4.69) is 20.6 Å². The van der Waals surface area contributed by atoms with Gasteiger partial charge in [-0.2, -0.15) is 10.1 Å². The molecule has 0 spiro atoms. The Labute approximate surface area is 49.8 Å². The van der Waals surface area contributed by atoms with Gasteiger partial charge in [0.2, 0.25) is 5.95 Å². The second-order valence-electron chi connectivity index (χ2n) is 0.918. The number of rotatable bonds is 0. The van der Waals surface area contributed by atoms with Crippen molar-refractivity contribution in [2.24, 2.45) is 0 Å². The van der Waals surface area contributed by atoms with E-state index in [1.54, 1.807) is 0 Å². The molecule has 9 heavy (non-hydrogen) atoms. The van der Waals surface area contributed by atoms with E-state index in [1.165, 1.54) is 0 Å². The SMILES string of the molecule is Nc1noc([O-])n1.[NH3+]O. The summed E-state index contributed by atoms with van der Waals surface area (Å²) in [6.07, 6.45) is -0.752. The van der Waals surface area contributed by atoms with E-state index in [0.717, 1.165) is 0 Å². The Morgan fingerprint density at radius 1 is 1.67 bits per heavy atom. The van der Waals surface area contributed by atoms with Crippen LogP contribution in [0.5, 0.6) is 6.08 Å². The van der Waals surface area contributed by atoms with Crippen molar-refractivity contribution in [3.8, 4) is 6.08 Å². The summed E-state index contributed by atoms with van der Waals surface area (Å²) in [7, 11) is 0. The van der Waals surface area contributed by atoms with Crippen LogP contribution in [0.2, 0.25) is 0 Å². The van der Waals surface area contributed by atoms with E-state index < -0.39 is 6.08 Å². The summed E-state index contributed by atoms with van der Waals surface area (Å²) in [5, 5.41) is 19.6. The van der Waals surface area contributed by atoms with Gasteiger partial charge in [0.15, 0.2) is 6.08 Å². The molecule has 0 aliphatic carbocycles. The predicted molar refractivity (Wildman–Crippen MR) is 22.8 cm³/mol. The quantitative estimate of drug-likeness (QED) is 0.331. The van der Waals surface area contributed by atoms with Gasteiger partial charge < -0.3 is 15.4 Å². The van der Waals surface area contributed by atoms with Gasteiger partial charge in [0.1, 0.15) is 0 Å². The first-order valence-electron chi connectivity index (χ1n) is 1.87. The van der Waals surface area contributed by atoms with Crippen molar-refractivity contribution in [1.82, 2.24) is 10.1 Å². The molecular weight excluding hydrogens is 128 g/mol. The van der Waals surface area contributed by atoms with Crippen LogP contribution in [0.4, 0.5) is 5.95 Å². The number of quaternary nitrogens is 1. The fourth-order valence-electron chi connectivity index (χ4n) is 0.220. The molecule has 0 bridgehead atoms. The molecule has 52 valence electrons. The van der Waals surface area contributed by atoms with Gasteiger partial charge in [0, 0.05) is 0 Å². The number of nitrogens with zero attached hydrogens (tertiary/aromatic N) is 2. The van der Waals surface area contributed by atoms with Crippen LogP contribution < -0.4 is 16.7 Å². The number of anilines is 1. The second-order valence-corrected chi connectivity index (χ2v) is 0.918. The van der Waals surface area contributed by atoms with Gasteiger partial charge in [-0.25, -0.2) is 11.1 Å². The van der Waals surface area contributed by atoms with E-state index in [0.29, 0.717) is 0 Å². The summed E-state index contributed by atoms with van der Waals surface area (Å²) in [5.41, 5.74) is 4.86. The van der Waals surface area contributed by atoms with Gasteiger partial charge >= 0.3 is 0 Å². The van der Waals surface area contributed by atoms with E-state index in [-0.39, 0.29) is 5.95 Å². The van der Waals surface area contributed by atoms with Crippen molar-refractivity contribution in [1.29, 1.82) is 0 Å². The molecule has 1 aromatic rings. The molecule has 0 aliphatic heterocycles. The number of nitrogen functional groups attached to an aromatic ring is 1. The van der Waals surface area contributed by atoms with Crippen LogP contribution in [0.1, 0.15) is 0 Å². The maximum absolute atomic E-state index is 9.87. The van der Waals surface area contributed by atoms with Crippen molar-refractivity contribution < 1.29 is 20.7 Å². The van der Waals surface area contributed by atoms with Crippen LogP contribution in [0.15, 0.2) is 4.52 Å². The van der Waals surface area contributed by atoms with Gasteiger partial charge in [0.05, 0.1) is 0 Å². The molecule has 0 saturated heterocycles. The Morgan fingerprint density at radius 3 is 2.33 bits per heavy atom. The molecule has 7 nitrogen and oxygen atoms in total. The first-order chi connectivity index (χ1) is 4.29. The minimum atomic E-state index is -0.752. The van der Waals surface area contributed by atoms with Gasteiger partial charge in [0.25, 0.3) is 0 Å². The molecule has 0 radical (unpaired) electrons. The average Bonchev–Trinajstić information content (AvgIpc) is 2.20. The van der Waals surface area contributed by atoms with E-state index in [1.807, 2.05) is 0 Å². The van der Waals surface area contributed by atoms with Crippen LogP contribution in [-0.4, -0.2) is 15.3 Å². The zero-order valence-electron chi connectivity index (χ0n) is 4.44. The Balaban J connectivity index is 0.000000291. The highest BCUT2D eigenvalue weighted by Crippen LogP contribution is 1.97. The standard InChI is InChI=1S/C2H3N3O2.H4NO/c3-1-4-2(6)7-5-1;1-2/h(H3,3,4,5,6);2H,1H3/q;+1/p-1. The van der Waals surface area contributed by atoms with E-state index in [9.17, 15) is 5.11 Å². The normalized spacial score (nSPS) is 7.78. The molecule has 0 aromatic carbocycles. The lowest BCUT2D eigenvalue weighted by Gasteiger charge is -1.79. The number of hydrogen-bond acceptors (Lipinski definition) is 6. The summed E-state index contributed by atoms with van der Waals surface area (Å²) in [6, 6.07) is 0. The predicted octanol–water partition coefficient (Wildman–Crippen LogP) is -2.66. The lowest BCUT2D eigenvalue weighted by Crippen LogP contribution is -2.42. The Bertz CT molecular complexity index is 146. The minimum Gasteiger partial charge on any atom is -0.528 e. The molecule has 1 heterocycles. The second kappa shape index (κ2) is 3.64. The minimum absolute atomic E-state index is 0.120. The van der Waals surface area contributed by atoms with Crippen molar-refractivity contribution >= 4 is 5.95 Å². The highest BCUT2D eigenvalue weighted by Gasteiger charge is 1.82. The summed E-state index contributed by atoms with van der Waals surface area (Å²) >= 11 is 0. The Kier molecular flexibility index (Phi) is 3.09. The summed E-state index contributed by atoms with van der Waals surface area (Å²) in [5.74, 6) is 2.13. The molecular formula is C2H6N4O3. The summed E-state index contributed by atoms with van der Waals surface area (Å²) in [4.78, 5) is 3.06. The van der Waals surface area contributed by atoms with Crippen LogP contribution in [0.25, 0.3) is 0 Å². The van der Waals surface area contributed by atoms with Gasteiger partial charge in [-0.05, 0) is 0 Å². The molecule has 6 N–H and O–H groups in total. The third kappa shape index (κ3) is 2.46. The fourth-order valence-corrected chi connectivity index (χ4v) is 0.220. The highest BCUT2D eigenvalue weighted by molar-refractivity contribution is 5.10. The molecule has 0 amide bonds. The van der Waals surface area contributed by atoms with Crippen molar-refractivity contribution in [3.63, 3.8) is 0 Å². The average molecular weight is 134 g/mol. The monoisotopic (exact) mass is 134 g/mol. The Hall–Kier alpha value is -1.34. The van der Waals surface area contributed by atoms with Crippen LogP contribution in [0.3, 0.4) is 0 Å². The first-order valence-corrected chi connectivity index (χ1v) is 1.87. The maximum atomic E-state index is 9.87. The molecule has 0 aliphatic rings. The van der Waals surface area contributed by atoms with E-state index in [4.69, 9.17) is 10.9 Å². The highest BCUT2D eigenvalue weighted by atomic mass is 16.6. The van der Waals surface area contributed by atoms with Crippen LogP contribution in [-0.2, 0) is 0 Å². The molecule has 0 unspecified atom stereocenters. The third-order valence-corrected chi connectivity index (χ3v) is 0.423. The fraction of sp³-hybridized carbons (Fsp3) is 0. The Morgan fingerprint density at radius 2 is 2.22 bits per heavy atom. The maximum Gasteiger partial charge on any atom is 0.233 e. The summed E-state index contributed by atoms with van der Waals surface area (Å²) < 4.78 is 3.92. The van der Waals surface area contributed by atoms with Crippen molar-refractivity contribution in [3.05, 3.63) is 0 Å². The smallest absolute Gasteiger partial charge is 0.233 e. The van der Waals surface area contributed by atoms with Crippen molar-refractivity contribution in [2.75, 3.05) is 5.73 Å².